The van der Waals surface area contributed by atoms with E-state index in [1.54, 1.807) is 0 Å². The number of piperazine rings is 1. The van der Waals surface area contributed by atoms with E-state index in [-0.39, 0.29) is 0 Å². The molecule has 1 fully saturated rings. The number of rotatable bonds is 3. The predicted octanol–water partition coefficient (Wildman–Crippen LogP) is 3.18. The van der Waals surface area contributed by atoms with E-state index in [1.807, 2.05) is 0 Å². The van der Waals surface area contributed by atoms with Crippen LogP contribution in [-0.4, -0.2) is 30.1 Å². The van der Waals surface area contributed by atoms with Crippen molar-refractivity contribution in [3.05, 3.63) is 34.4 Å². The second kappa shape index (κ2) is 6.06. The molecular formula is C17H28N2. The van der Waals surface area contributed by atoms with Crippen LogP contribution in [-0.2, 0) is 6.54 Å². The van der Waals surface area contributed by atoms with Crippen molar-refractivity contribution in [2.45, 2.75) is 59.7 Å². The van der Waals surface area contributed by atoms with Gasteiger partial charge in [-0.25, -0.2) is 0 Å². The highest BCUT2D eigenvalue weighted by atomic mass is 15.2. The van der Waals surface area contributed by atoms with E-state index in [1.165, 1.54) is 28.7 Å². The molecule has 1 heterocycles. The van der Waals surface area contributed by atoms with Crippen molar-refractivity contribution < 1.29 is 0 Å². The molecule has 2 rings (SSSR count). The molecule has 1 aromatic carbocycles. The highest BCUT2D eigenvalue weighted by Gasteiger charge is 2.25. The lowest BCUT2D eigenvalue weighted by molar-refractivity contribution is 0.123. The third-order valence-electron chi connectivity index (χ3n) is 4.40. The monoisotopic (exact) mass is 260 g/mol. The van der Waals surface area contributed by atoms with Crippen molar-refractivity contribution in [2.24, 2.45) is 0 Å². The zero-order valence-electron chi connectivity index (χ0n) is 13.1. The van der Waals surface area contributed by atoms with Crippen molar-refractivity contribution in [1.29, 1.82) is 0 Å². The number of benzene rings is 1. The van der Waals surface area contributed by atoms with E-state index in [2.05, 4.69) is 57.0 Å². The molecule has 2 nitrogen and oxygen atoms in total. The van der Waals surface area contributed by atoms with Crippen LogP contribution in [0.25, 0.3) is 0 Å². The molecule has 1 saturated heterocycles. The van der Waals surface area contributed by atoms with Crippen molar-refractivity contribution in [3.8, 4) is 0 Å². The first-order valence-corrected chi connectivity index (χ1v) is 7.55. The topological polar surface area (TPSA) is 15.3 Å². The molecule has 0 radical (unpaired) electrons. The third-order valence-corrected chi connectivity index (χ3v) is 4.40. The predicted molar refractivity (Wildman–Crippen MR) is 82.6 cm³/mol. The fourth-order valence-corrected chi connectivity index (χ4v) is 3.29. The molecule has 2 atom stereocenters. The summed E-state index contributed by atoms with van der Waals surface area (Å²) in [4.78, 5) is 2.66. The van der Waals surface area contributed by atoms with E-state index in [0.29, 0.717) is 12.1 Å². The number of hydrogen-bond donors (Lipinski definition) is 1. The van der Waals surface area contributed by atoms with Crippen molar-refractivity contribution in [2.75, 3.05) is 13.1 Å². The van der Waals surface area contributed by atoms with Gasteiger partial charge < -0.3 is 5.32 Å². The molecule has 106 valence electrons. The molecule has 1 aliphatic rings. The fourth-order valence-electron chi connectivity index (χ4n) is 3.29. The van der Waals surface area contributed by atoms with Gasteiger partial charge in [0.2, 0.25) is 0 Å². The van der Waals surface area contributed by atoms with Crippen LogP contribution in [0, 0.1) is 20.8 Å². The van der Waals surface area contributed by atoms with Crippen LogP contribution in [0.2, 0.25) is 0 Å². The average molecular weight is 260 g/mol. The van der Waals surface area contributed by atoms with Gasteiger partial charge in [-0.15, -0.1) is 0 Å². The largest absolute Gasteiger partial charge is 0.311 e. The maximum absolute atomic E-state index is 3.60. The summed E-state index contributed by atoms with van der Waals surface area (Å²) in [7, 11) is 0. The Balaban J connectivity index is 2.19. The summed E-state index contributed by atoms with van der Waals surface area (Å²) in [5.41, 5.74) is 5.79. The first-order chi connectivity index (χ1) is 9.01. The first-order valence-electron chi connectivity index (χ1n) is 7.55. The van der Waals surface area contributed by atoms with Gasteiger partial charge in [0, 0.05) is 31.7 Å². The molecule has 1 aromatic rings. The first kappa shape index (κ1) is 14.5. The summed E-state index contributed by atoms with van der Waals surface area (Å²) in [5, 5.41) is 3.60. The zero-order valence-corrected chi connectivity index (χ0v) is 13.1. The van der Waals surface area contributed by atoms with Crippen LogP contribution in [0.15, 0.2) is 12.1 Å². The van der Waals surface area contributed by atoms with Crippen LogP contribution in [0.3, 0.4) is 0 Å². The van der Waals surface area contributed by atoms with Crippen molar-refractivity contribution >= 4 is 0 Å². The normalized spacial score (nSPS) is 24.7. The minimum absolute atomic E-state index is 0.605. The molecule has 2 unspecified atom stereocenters. The Morgan fingerprint density at radius 2 is 1.84 bits per heavy atom. The Labute approximate surface area is 118 Å². The maximum atomic E-state index is 3.60. The van der Waals surface area contributed by atoms with Gasteiger partial charge in [-0.3, -0.25) is 4.90 Å². The third kappa shape index (κ3) is 3.37. The lowest BCUT2D eigenvalue weighted by Gasteiger charge is -2.39. The minimum Gasteiger partial charge on any atom is -0.311 e. The Bertz CT molecular complexity index is 416. The van der Waals surface area contributed by atoms with Crippen LogP contribution >= 0.6 is 0 Å². The van der Waals surface area contributed by atoms with Crippen LogP contribution in [0.5, 0.6) is 0 Å². The van der Waals surface area contributed by atoms with E-state index in [9.17, 15) is 0 Å². The zero-order chi connectivity index (χ0) is 14.0. The molecule has 0 spiro atoms. The van der Waals surface area contributed by atoms with E-state index < -0.39 is 0 Å². The lowest BCUT2D eigenvalue weighted by atomic mass is 9.97. The van der Waals surface area contributed by atoms with E-state index >= 15 is 0 Å². The van der Waals surface area contributed by atoms with Gasteiger partial charge in [0.25, 0.3) is 0 Å². The summed E-state index contributed by atoms with van der Waals surface area (Å²) in [6.45, 7) is 14.7. The Morgan fingerprint density at radius 3 is 2.42 bits per heavy atom. The number of nitrogens with zero attached hydrogens (tertiary/aromatic N) is 1. The van der Waals surface area contributed by atoms with Crippen molar-refractivity contribution in [1.82, 2.24) is 10.2 Å². The maximum Gasteiger partial charge on any atom is 0.0243 e. The molecule has 0 saturated carbocycles. The Kier molecular flexibility index (Phi) is 4.64. The van der Waals surface area contributed by atoms with E-state index in [0.717, 1.165) is 19.6 Å². The lowest BCUT2D eigenvalue weighted by Crippen LogP contribution is -2.54. The average Bonchev–Trinajstić information content (AvgIpc) is 2.34. The molecular weight excluding hydrogens is 232 g/mol. The summed E-state index contributed by atoms with van der Waals surface area (Å²) in [5.74, 6) is 0. The van der Waals surface area contributed by atoms with E-state index in [4.69, 9.17) is 0 Å². The van der Waals surface area contributed by atoms with Crippen LogP contribution in [0.4, 0.5) is 0 Å². The number of nitrogens with one attached hydrogen (secondary N) is 1. The molecule has 0 bridgehead atoms. The smallest absolute Gasteiger partial charge is 0.0243 e. The Morgan fingerprint density at radius 1 is 1.21 bits per heavy atom. The molecule has 19 heavy (non-hydrogen) atoms. The minimum atomic E-state index is 0.605. The molecule has 1 N–H and O–H groups in total. The fraction of sp³-hybridized carbons (Fsp3) is 0.647. The van der Waals surface area contributed by atoms with Gasteiger partial charge in [-0.2, -0.15) is 0 Å². The molecule has 0 amide bonds. The van der Waals surface area contributed by atoms with Gasteiger partial charge >= 0.3 is 0 Å². The van der Waals surface area contributed by atoms with Gasteiger partial charge in [0.05, 0.1) is 0 Å². The molecule has 2 heteroatoms. The number of aryl methyl sites for hydroxylation is 3. The van der Waals surface area contributed by atoms with Gasteiger partial charge in [-0.1, -0.05) is 24.6 Å². The summed E-state index contributed by atoms with van der Waals surface area (Å²) >= 11 is 0. The SMILES string of the molecule is CCC1CNC(C)CN1Cc1c(C)cc(C)cc1C. The quantitative estimate of drug-likeness (QED) is 0.898. The second-order valence-electron chi connectivity index (χ2n) is 6.18. The number of hydrogen-bond acceptors (Lipinski definition) is 2. The second-order valence-corrected chi connectivity index (χ2v) is 6.18. The molecule has 1 aliphatic heterocycles. The van der Waals surface area contributed by atoms with Crippen LogP contribution < -0.4 is 5.32 Å². The highest BCUT2D eigenvalue weighted by molar-refractivity contribution is 5.37. The molecule has 0 aliphatic carbocycles. The van der Waals surface area contributed by atoms with Crippen molar-refractivity contribution in [3.63, 3.8) is 0 Å². The summed E-state index contributed by atoms with van der Waals surface area (Å²) in [6.07, 6.45) is 1.23. The summed E-state index contributed by atoms with van der Waals surface area (Å²) < 4.78 is 0. The molecule has 0 aromatic heterocycles. The van der Waals surface area contributed by atoms with Gasteiger partial charge in [-0.05, 0) is 50.8 Å². The Hall–Kier alpha value is -0.860. The summed E-state index contributed by atoms with van der Waals surface area (Å²) in [6, 6.07) is 5.91. The highest BCUT2D eigenvalue weighted by Crippen LogP contribution is 2.21. The standard InChI is InChI=1S/C17H28N2/c1-6-16-9-18-15(5)10-19(16)11-17-13(3)7-12(2)8-14(17)4/h7-8,15-16,18H,6,9-11H2,1-5H3. The van der Waals surface area contributed by atoms with Gasteiger partial charge in [0.15, 0.2) is 0 Å². The van der Waals surface area contributed by atoms with Crippen LogP contribution in [0.1, 0.15) is 42.5 Å². The van der Waals surface area contributed by atoms with Gasteiger partial charge in [0.1, 0.15) is 0 Å².